The predicted octanol–water partition coefficient (Wildman–Crippen LogP) is 2.35. The van der Waals surface area contributed by atoms with Crippen molar-refractivity contribution < 1.29 is 8.78 Å². The quantitative estimate of drug-likeness (QED) is 0.494. The molecule has 0 aliphatic heterocycles. The number of pyridine rings is 1. The van der Waals surface area contributed by atoms with Gasteiger partial charge in [0.05, 0.1) is 0 Å². The Morgan fingerprint density at radius 1 is 1.11 bits per heavy atom. The molecule has 0 radical (unpaired) electrons. The van der Waals surface area contributed by atoms with Gasteiger partial charge in [-0.2, -0.15) is 0 Å². The van der Waals surface area contributed by atoms with Gasteiger partial charge in [-0.1, -0.05) is 6.07 Å². The van der Waals surface area contributed by atoms with Gasteiger partial charge in [0.15, 0.2) is 11.6 Å². The van der Waals surface area contributed by atoms with E-state index in [0.717, 1.165) is 23.6 Å². The molecule has 142 valence electrons. The minimum atomic E-state index is -0.437. The van der Waals surface area contributed by atoms with Crippen molar-refractivity contribution in [1.29, 1.82) is 0 Å². The first-order chi connectivity index (χ1) is 13.2. The lowest BCUT2D eigenvalue weighted by molar-refractivity contribution is 0.583. The summed E-state index contributed by atoms with van der Waals surface area (Å²) in [6.45, 7) is 3.64. The minimum absolute atomic E-state index is 0.341. The average Bonchev–Trinajstić information content (AvgIpc) is 3.08. The van der Waals surface area contributed by atoms with Crippen LogP contribution in [0.1, 0.15) is 18.3 Å². The fourth-order valence-corrected chi connectivity index (χ4v) is 2.72. The third-order valence-corrected chi connectivity index (χ3v) is 4.03. The van der Waals surface area contributed by atoms with Crippen molar-refractivity contribution in [2.45, 2.75) is 19.8 Å². The van der Waals surface area contributed by atoms with Crippen LogP contribution in [0.5, 0.6) is 0 Å². The molecule has 0 spiro atoms. The number of benzene rings is 1. The van der Waals surface area contributed by atoms with E-state index in [9.17, 15) is 8.78 Å². The molecule has 0 saturated heterocycles. The van der Waals surface area contributed by atoms with Gasteiger partial charge in [0, 0.05) is 32.3 Å². The molecule has 3 rings (SSSR count). The summed E-state index contributed by atoms with van der Waals surface area (Å²) in [6.07, 6.45) is 2.93. The van der Waals surface area contributed by atoms with Gasteiger partial charge in [-0.15, -0.1) is 10.2 Å². The van der Waals surface area contributed by atoms with Crippen molar-refractivity contribution in [1.82, 2.24) is 25.2 Å². The number of guanidine groups is 1. The predicted molar refractivity (Wildman–Crippen MR) is 101 cm³/mol. The van der Waals surface area contributed by atoms with Crippen LogP contribution in [-0.4, -0.2) is 40.2 Å². The SMILES string of the molecule is CCNC(=NCCc1nnc2ccccn12)NCCc1cc(F)ccc1F. The Balaban J connectivity index is 1.55. The Hall–Kier alpha value is -3.03. The summed E-state index contributed by atoms with van der Waals surface area (Å²) in [6, 6.07) is 9.23. The third kappa shape index (κ3) is 4.99. The molecule has 2 aromatic heterocycles. The molecule has 2 N–H and O–H groups in total. The van der Waals surface area contributed by atoms with Crippen molar-refractivity contribution in [2.24, 2.45) is 4.99 Å². The Kier molecular flexibility index (Phi) is 6.30. The zero-order chi connectivity index (χ0) is 19.1. The summed E-state index contributed by atoms with van der Waals surface area (Å²) in [7, 11) is 0. The van der Waals surface area contributed by atoms with Crippen LogP contribution in [0.15, 0.2) is 47.6 Å². The largest absolute Gasteiger partial charge is 0.357 e. The summed E-state index contributed by atoms with van der Waals surface area (Å²) in [5.74, 6) is 0.626. The zero-order valence-electron chi connectivity index (χ0n) is 15.1. The number of hydrogen-bond acceptors (Lipinski definition) is 3. The lowest BCUT2D eigenvalue weighted by atomic mass is 10.1. The second-order valence-electron chi connectivity index (χ2n) is 5.97. The number of aliphatic imine (C=N–C) groups is 1. The van der Waals surface area contributed by atoms with Gasteiger partial charge in [0.25, 0.3) is 0 Å². The van der Waals surface area contributed by atoms with Crippen molar-refractivity contribution in [3.63, 3.8) is 0 Å². The van der Waals surface area contributed by atoms with E-state index < -0.39 is 11.6 Å². The maximum absolute atomic E-state index is 13.7. The van der Waals surface area contributed by atoms with Crippen molar-refractivity contribution in [3.8, 4) is 0 Å². The Morgan fingerprint density at radius 2 is 2.00 bits per heavy atom. The number of aromatic nitrogens is 3. The average molecular weight is 372 g/mol. The maximum atomic E-state index is 13.7. The molecular weight excluding hydrogens is 350 g/mol. The summed E-state index contributed by atoms with van der Waals surface area (Å²) in [5.41, 5.74) is 1.15. The first kappa shape index (κ1) is 18.8. The maximum Gasteiger partial charge on any atom is 0.191 e. The third-order valence-electron chi connectivity index (χ3n) is 4.03. The normalized spacial score (nSPS) is 11.7. The van der Waals surface area contributed by atoms with E-state index in [4.69, 9.17) is 0 Å². The molecule has 27 heavy (non-hydrogen) atoms. The minimum Gasteiger partial charge on any atom is -0.357 e. The van der Waals surface area contributed by atoms with E-state index in [-0.39, 0.29) is 0 Å². The Morgan fingerprint density at radius 3 is 2.85 bits per heavy atom. The number of hydrogen-bond donors (Lipinski definition) is 2. The van der Waals surface area contributed by atoms with E-state index in [1.54, 1.807) is 0 Å². The van der Waals surface area contributed by atoms with Gasteiger partial charge in [-0.05, 0) is 49.2 Å². The summed E-state index contributed by atoms with van der Waals surface area (Å²) in [4.78, 5) is 4.51. The second-order valence-corrected chi connectivity index (χ2v) is 5.97. The summed E-state index contributed by atoms with van der Waals surface area (Å²) < 4.78 is 28.8. The van der Waals surface area contributed by atoms with Crippen LogP contribution in [0.4, 0.5) is 8.78 Å². The van der Waals surface area contributed by atoms with Crippen LogP contribution in [0.3, 0.4) is 0 Å². The first-order valence-corrected chi connectivity index (χ1v) is 8.92. The van der Waals surface area contributed by atoms with Crippen LogP contribution in [0.2, 0.25) is 0 Å². The number of halogens is 2. The van der Waals surface area contributed by atoms with Gasteiger partial charge in [-0.25, -0.2) is 8.78 Å². The highest BCUT2D eigenvalue weighted by atomic mass is 19.1. The van der Waals surface area contributed by atoms with Gasteiger partial charge < -0.3 is 10.6 Å². The van der Waals surface area contributed by atoms with Gasteiger partial charge >= 0.3 is 0 Å². The molecule has 6 nitrogen and oxygen atoms in total. The van der Waals surface area contributed by atoms with Gasteiger partial charge in [-0.3, -0.25) is 9.39 Å². The molecule has 0 atom stereocenters. The van der Waals surface area contributed by atoms with E-state index in [1.165, 1.54) is 6.07 Å². The Labute approximate surface area is 156 Å². The van der Waals surface area contributed by atoms with Crippen LogP contribution < -0.4 is 10.6 Å². The molecule has 3 aromatic rings. The highest BCUT2D eigenvalue weighted by Crippen LogP contribution is 2.09. The molecule has 0 bridgehead atoms. The summed E-state index contributed by atoms with van der Waals surface area (Å²) in [5, 5.41) is 14.6. The molecule has 0 fully saturated rings. The standard InChI is InChI=1S/C19H22F2N6/c1-2-22-19(23-10-8-14-13-15(20)6-7-16(14)21)24-11-9-18-26-25-17-5-3-4-12-27(17)18/h3-7,12-13H,2,8-11H2,1H3,(H2,22,23,24). The molecule has 8 heteroatoms. The number of rotatable bonds is 7. The zero-order valence-corrected chi connectivity index (χ0v) is 15.1. The van der Waals surface area contributed by atoms with Crippen LogP contribution in [0.25, 0.3) is 5.65 Å². The fraction of sp³-hybridized carbons (Fsp3) is 0.316. The first-order valence-electron chi connectivity index (χ1n) is 8.92. The van der Waals surface area contributed by atoms with E-state index >= 15 is 0 Å². The molecule has 0 amide bonds. The lowest BCUT2D eigenvalue weighted by Crippen LogP contribution is -2.38. The van der Waals surface area contributed by atoms with Crippen LogP contribution in [0, 0.1) is 11.6 Å². The molecule has 0 unspecified atom stereocenters. The van der Waals surface area contributed by atoms with E-state index in [2.05, 4.69) is 25.8 Å². The van der Waals surface area contributed by atoms with Crippen molar-refractivity contribution >= 4 is 11.6 Å². The fourth-order valence-electron chi connectivity index (χ4n) is 2.72. The van der Waals surface area contributed by atoms with Crippen molar-refractivity contribution in [3.05, 3.63) is 65.6 Å². The molecule has 0 aliphatic rings. The van der Waals surface area contributed by atoms with Gasteiger partial charge in [0.2, 0.25) is 0 Å². The topological polar surface area (TPSA) is 66.6 Å². The molecular formula is C19H22F2N6. The number of nitrogens with zero attached hydrogens (tertiary/aromatic N) is 4. The second kappa shape index (κ2) is 9.07. The molecule has 0 saturated carbocycles. The number of fused-ring (bicyclic) bond motifs is 1. The monoisotopic (exact) mass is 372 g/mol. The molecule has 0 aliphatic carbocycles. The van der Waals surface area contributed by atoms with E-state index in [1.807, 2.05) is 35.7 Å². The van der Waals surface area contributed by atoms with Crippen LogP contribution >= 0.6 is 0 Å². The highest BCUT2D eigenvalue weighted by molar-refractivity contribution is 5.79. The molecule has 1 aromatic carbocycles. The van der Waals surface area contributed by atoms with Crippen LogP contribution in [-0.2, 0) is 12.8 Å². The van der Waals surface area contributed by atoms with E-state index in [0.29, 0.717) is 44.0 Å². The molecule has 2 heterocycles. The van der Waals surface area contributed by atoms with Gasteiger partial charge in [0.1, 0.15) is 17.5 Å². The van der Waals surface area contributed by atoms with Crippen molar-refractivity contribution in [2.75, 3.05) is 19.6 Å². The Bertz CT molecular complexity index is 921. The highest BCUT2D eigenvalue weighted by Gasteiger charge is 2.06. The summed E-state index contributed by atoms with van der Waals surface area (Å²) >= 11 is 0. The lowest BCUT2D eigenvalue weighted by Gasteiger charge is -2.11. The number of nitrogens with one attached hydrogen (secondary N) is 2. The smallest absolute Gasteiger partial charge is 0.191 e.